The lowest BCUT2D eigenvalue weighted by Gasteiger charge is -2.43. The predicted molar refractivity (Wildman–Crippen MR) is 163 cm³/mol. The third-order valence-electron chi connectivity index (χ3n) is 9.16. The van der Waals surface area contributed by atoms with Crippen LogP contribution in [0.3, 0.4) is 0 Å². The Bertz CT molecular complexity index is 1470. The molecule has 11 heteroatoms. The minimum atomic E-state index is -0.836. The van der Waals surface area contributed by atoms with Crippen LogP contribution in [-0.4, -0.2) is 106 Å². The molecule has 2 N–H and O–H groups in total. The number of amides is 1. The van der Waals surface area contributed by atoms with E-state index in [9.17, 15) is 14.3 Å². The molecule has 6 rings (SSSR count). The molecule has 0 bridgehead atoms. The molecule has 2 aromatic heterocycles. The minimum Gasteiger partial charge on any atom is -0.385 e. The summed E-state index contributed by atoms with van der Waals surface area (Å²) in [5.74, 6) is 0.108. The number of aliphatic hydroxyl groups is 1. The SMILES string of the molecule is CC(O)c1nc2c(Cc3ccc(F)cc3)cc3c(n2n1)C(C)(C)CN3C(=O)CN1C[C@@H](C)NC[C@@H]1CN1CCOC[C@H]1C. The van der Waals surface area contributed by atoms with E-state index in [1.54, 1.807) is 19.1 Å². The fourth-order valence-corrected chi connectivity index (χ4v) is 6.81. The fraction of sp³-hybridized carbons (Fsp3) is 0.594. The average molecular weight is 594 g/mol. The first-order chi connectivity index (χ1) is 20.5. The number of hydrogen-bond donors (Lipinski definition) is 2. The number of ether oxygens (including phenoxy) is 1. The van der Waals surface area contributed by atoms with Crippen molar-refractivity contribution in [3.63, 3.8) is 0 Å². The number of pyridine rings is 1. The second kappa shape index (κ2) is 11.9. The van der Waals surface area contributed by atoms with Crippen molar-refractivity contribution in [2.24, 2.45) is 0 Å². The van der Waals surface area contributed by atoms with Crippen LogP contribution in [0.4, 0.5) is 10.1 Å². The van der Waals surface area contributed by atoms with Crippen LogP contribution < -0.4 is 10.2 Å². The Hall–Kier alpha value is -2.96. The Kier molecular flexibility index (Phi) is 8.29. The van der Waals surface area contributed by atoms with Crippen molar-refractivity contribution in [3.8, 4) is 0 Å². The van der Waals surface area contributed by atoms with Gasteiger partial charge in [0, 0.05) is 68.2 Å². The topological polar surface area (TPSA) is 98.5 Å². The Labute approximate surface area is 252 Å². The Morgan fingerprint density at radius 3 is 2.72 bits per heavy atom. The molecule has 5 heterocycles. The maximum Gasteiger partial charge on any atom is 0.241 e. The van der Waals surface area contributed by atoms with Crippen molar-refractivity contribution in [3.05, 3.63) is 58.8 Å². The molecule has 4 atom stereocenters. The van der Waals surface area contributed by atoms with E-state index >= 15 is 0 Å². The number of nitrogens with one attached hydrogen (secondary N) is 1. The number of hydrogen-bond acceptors (Lipinski definition) is 8. The van der Waals surface area contributed by atoms with E-state index < -0.39 is 6.10 Å². The molecule has 1 aromatic carbocycles. The lowest BCUT2D eigenvalue weighted by molar-refractivity contribution is -0.121. The molecular weight excluding hydrogens is 549 g/mol. The normalized spacial score (nSPS) is 25.3. The number of fused-ring (bicyclic) bond motifs is 3. The molecule has 43 heavy (non-hydrogen) atoms. The van der Waals surface area contributed by atoms with Gasteiger partial charge in [-0.2, -0.15) is 0 Å². The number of anilines is 1. The molecule has 0 spiro atoms. The maximum absolute atomic E-state index is 14.2. The van der Waals surface area contributed by atoms with Gasteiger partial charge in [-0.3, -0.25) is 14.6 Å². The highest BCUT2D eigenvalue weighted by Crippen LogP contribution is 2.42. The molecule has 2 saturated heterocycles. The third kappa shape index (κ3) is 6.06. The van der Waals surface area contributed by atoms with Crippen molar-refractivity contribution in [2.75, 3.05) is 57.4 Å². The highest BCUT2D eigenvalue weighted by molar-refractivity contribution is 5.97. The summed E-state index contributed by atoms with van der Waals surface area (Å²) in [5, 5.41) is 18.7. The van der Waals surface area contributed by atoms with Gasteiger partial charge in [-0.05, 0) is 44.5 Å². The number of nitrogens with zero attached hydrogens (tertiary/aromatic N) is 6. The van der Waals surface area contributed by atoms with Gasteiger partial charge in [0.1, 0.15) is 11.9 Å². The van der Waals surface area contributed by atoms with Crippen LogP contribution in [0.2, 0.25) is 0 Å². The zero-order chi connectivity index (χ0) is 30.5. The highest BCUT2D eigenvalue weighted by atomic mass is 19.1. The number of morpholine rings is 1. The lowest BCUT2D eigenvalue weighted by Crippen LogP contribution is -2.62. The number of carbonyl (C=O) groups excluding carboxylic acids is 1. The average Bonchev–Trinajstić information content (AvgIpc) is 3.52. The predicted octanol–water partition coefficient (Wildman–Crippen LogP) is 2.52. The molecule has 2 fully saturated rings. The summed E-state index contributed by atoms with van der Waals surface area (Å²) in [5.41, 5.74) is 3.79. The standard InChI is InChI=1S/C32H44FN7O3/c1-20-15-38(26(14-34-20)16-37-10-11-43-18-21(37)2)17-28(42)39-19-32(4,5)29-27(39)13-24(12-23-6-8-25(33)9-7-23)31-35-30(22(3)41)36-40(29)31/h6-9,13,20-22,26,34,41H,10-12,14-19H2,1-5H3/t20-,21-,22?,26-/m1/s1. The van der Waals surface area contributed by atoms with E-state index in [1.165, 1.54) is 12.1 Å². The smallest absolute Gasteiger partial charge is 0.241 e. The van der Waals surface area contributed by atoms with Gasteiger partial charge < -0.3 is 20.1 Å². The Morgan fingerprint density at radius 1 is 1.23 bits per heavy atom. The molecular formula is C32H44FN7O3. The van der Waals surface area contributed by atoms with Crippen molar-refractivity contribution >= 4 is 17.2 Å². The lowest BCUT2D eigenvalue weighted by atomic mass is 9.90. The summed E-state index contributed by atoms with van der Waals surface area (Å²) < 4.78 is 21.1. The summed E-state index contributed by atoms with van der Waals surface area (Å²) in [4.78, 5) is 25.7. The van der Waals surface area contributed by atoms with Gasteiger partial charge in [-0.25, -0.2) is 13.9 Å². The third-order valence-corrected chi connectivity index (χ3v) is 9.16. The van der Waals surface area contributed by atoms with Gasteiger partial charge in [0.05, 0.1) is 31.1 Å². The van der Waals surface area contributed by atoms with E-state index in [2.05, 4.69) is 48.9 Å². The van der Waals surface area contributed by atoms with Gasteiger partial charge in [-0.15, -0.1) is 5.10 Å². The molecule has 3 aliphatic heterocycles. The molecule has 0 radical (unpaired) electrons. The molecule has 0 saturated carbocycles. The fourth-order valence-electron chi connectivity index (χ4n) is 6.81. The van der Waals surface area contributed by atoms with Gasteiger partial charge in [0.25, 0.3) is 0 Å². The maximum atomic E-state index is 14.2. The van der Waals surface area contributed by atoms with Crippen LogP contribution in [0.1, 0.15) is 63.4 Å². The van der Waals surface area contributed by atoms with Gasteiger partial charge in [0.2, 0.25) is 5.91 Å². The number of aliphatic hydroxyl groups excluding tert-OH is 1. The Morgan fingerprint density at radius 2 is 2.00 bits per heavy atom. The molecule has 0 aliphatic carbocycles. The summed E-state index contributed by atoms with van der Waals surface area (Å²) in [7, 11) is 0. The second-order valence-corrected chi connectivity index (χ2v) is 13.3. The largest absolute Gasteiger partial charge is 0.385 e. The number of aromatic nitrogens is 3. The van der Waals surface area contributed by atoms with Crippen LogP contribution in [0.25, 0.3) is 5.65 Å². The van der Waals surface area contributed by atoms with E-state index in [-0.39, 0.29) is 23.2 Å². The molecule has 3 aromatic rings. The highest BCUT2D eigenvalue weighted by Gasteiger charge is 2.43. The van der Waals surface area contributed by atoms with Crippen LogP contribution >= 0.6 is 0 Å². The quantitative estimate of drug-likeness (QED) is 0.432. The van der Waals surface area contributed by atoms with Crippen LogP contribution in [0, 0.1) is 5.82 Å². The van der Waals surface area contributed by atoms with E-state index in [0.29, 0.717) is 43.1 Å². The summed E-state index contributed by atoms with van der Waals surface area (Å²) >= 11 is 0. The van der Waals surface area contributed by atoms with Crippen LogP contribution in [0.5, 0.6) is 0 Å². The van der Waals surface area contributed by atoms with E-state index in [4.69, 9.17) is 14.8 Å². The van der Waals surface area contributed by atoms with Gasteiger partial charge in [0.15, 0.2) is 11.5 Å². The zero-order valence-electron chi connectivity index (χ0n) is 25.9. The molecule has 10 nitrogen and oxygen atoms in total. The Balaban J connectivity index is 1.33. The van der Waals surface area contributed by atoms with Gasteiger partial charge >= 0.3 is 0 Å². The number of piperazine rings is 1. The minimum absolute atomic E-state index is 0.0592. The molecule has 1 unspecified atom stereocenters. The van der Waals surface area contributed by atoms with E-state index in [1.807, 2.05) is 9.42 Å². The number of rotatable bonds is 7. The molecule has 1 amide bonds. The number of carbonyl (C=O) groups is 1. The number of halogens is 1. The zero-order valence-corrected chi connectivity index (χ0v) is 25.9. The van der Waals surface area contributed by atoms with Crippen LogP contribution in [-0.2, 0) is 21.4 Å². The molecule has 232 valence electrons. The first kappa shape index (κ1) is 30.1. The summed E-state index contributed by atoms with van der Waals surface area (Å²) in [6.45, 7) is 16.0. The first-order valence-corrected chi connectivity index (χ1v) is 15.5. The van der Waals surface area contributed by atoms with Gasteiger partial charge in [-0.1, -0.05) is 26.0 Å². The summed E-state index contributed by atoms with van der Waals surface area (Å²) in [6, 6.07) is 9.35. The first-order valence-electron chi connectivity index (χ1n) is 15.5. The van der Waals surface area contributed by atoms with Crippen LogP contribution in [0.15, 0.2) is 30.3 Å². The summed E-state index contributed by atoms with van der Waals surface area (Å²) in [6.07, 6.45) is -0.343. The van der Waals surface area contributed by atoms with Crippen molar-refractivity contribution < 1.29 is 19.0 Å². The monoisotopic (exact) mass is 593 g/mol. The molecule has 3 aliphatic rings. The van der Waals surface area contributed by atoms with Crippen molar-refractivity contribution in [2.45, 2.75) is 70.7 Å². The second-order valence-electron chi connectivity index (χ2n) is 13.3. The number of benzene rings is 1. The van der Waals surface area contributed by atoms with Crippen molar-refractivity contribution in [1.29, 1.82) is 0 Å². The van der Waals surface area contributed by atoms with E-state index in [0.717, 1.165) is 61.9 Å². The van der Waals surface area contributed by atoms with Crippen molar-refractivity contribution in [1.82, 2.24) is 29.7 Å².